The Hall–Kier alpha value is 0.0600. The quantitative estimate of drug-likeness (QED) is 0.601. The zero-order valence-corrected chi connectivity index (χ0v) is 7.56. The Morgan fingerprint density at radius 3 is 2.50 bits per heavy atom. The van der Waals surface area contributed by atoms with Crippen molar-refractivity contribution in [2.45, 2.75) is 17.3 Å². The van der Waals surface area contributed by atoms with Gasteiger partial charge in [0, 0.05) is 0 Å². The van der Waals surface area contributed by atoms with E-state index in [1.54, 1.807) is 6.92 Å². The van der Waals surface area contributed by atoms with E-state index in [1.807, 2.05) is 22.6 Å². The van der Waals surface area contributed by atoms with Crippen molar-refractivity contribution in [2.24, 2.45) is 0 Å². The van der Waals surface area contributed by atoms with Crippen LogP contribution in [-0.2, 0) is 4.79 Å². The summed E-state index contributed by atoms with van der Waals surface area (Å²) in [5.74, 6) is -0.346. The van der Waals surface area contributed by atoms with Gasteiger partial charge >= 0.3 is 0 Å². The Balaban J connectivity index is 3.40. The lowest BCUT2D eigenvalue weighted by Crippen LogP contribution is -2.32. The van der Waals surface area contributed by atoms with Crippen molar-refractivity contribution in [1.29, 1.82) is 0 Å². The van der Waals surface area contributed by atoms with Gasteiger partial charge in [0.25, 0.3) is 6.43 Å². The summed E-state index contributed by atoms with van der Waals surface area (Å²) in [7, 11) is 0. The van der Waals surface area contributed by atoms with Gasteiger partial charge in [-0.15, -0.1) is 0 Å². The van der Waals surface area contributed by atoms with E-state index in [0.29, 0.717) is 0 Å². The molecule has 1 amide bonds. The number of amides is 1. The van der Waals surface area contributed by atoms with E-state index < -0.39 is 13.0 Å². The van der Waals surface area contributed by atoms with E-state index in [0.717, 1.165) is 0 Å². The van der Waals surface area contributed by atoms with E-state index in [4.69, 9.17) is 0 Å². The molecule has 1 unspecified atom stereocenters. The van der Waals surface area contributed by atoms with Crippen molar-refractivity contribution in [1.82, 2.24) is 5.32 Å². The Bertz CT molecular complexity index is 118. The van der Waals surface area contributed by atoms with Crippen LogP contribution in [0.25, 0.3) is 0 Å². The summed E-state index contributed by atoms with van der Waals surface area (Å²) >= 11 is 1.86. The maximum Gasteiger partial charge on any atom is 0.255 e. The fraction of sp³-hybridized carbons (Fsp3) is 0.800. The van der Waals surface area contributed by atoms with E-state index in [-0.39, 0.29) is 9.83 Å². The third-order valence-corrected chi connectivity index (χ3v) is 1.36. The van der Waals surface area contributed by atoms with Crippen LogP contribution in [0.5, 0.6) is 0 Å². The molecule has 0 rings (SSSR count). The maximum absolute atomic E-state index is 11.4. The van der Waals surface area contributed by atoms with Gasteiger partial charge < -0.3 is 5.32 Å². The molecule has 0 aliphatic rings. The first-order valence-electron chi connectivity index (χ1n) is 2.74. The lowest BCUT2D eigenvalue weighted by atomic mass is 10.4. The molecular formula is C5H8F2INO. The molecule has 0 radical (unpaired) electrons. The largest absolute Gasteiger partial charge is 0.349 e. The fourth-order valence-corrected chi connectivity index (χ4v) is 0.539. The molecule has 0 aliphatic heterocycles. The van der Waals surface area contributed by atoms with Gasteiger partial charge in [0.1, 0.15) is 0 Å². The maximum atomic E-state index is 11.4. The van der Waals surface area contributed by atoms with Crippen molar-refractivity contribution >= 4 is 28.5 Å². The average molecular weight is 263 g/mol. The monoisotopic (exact) mass is 263 g/mol. The zero-order chi connectivity index (χ0) is 8.15. The molecular weight excluding hydrogens is 255 g/mol. The number of halogens is 3. The highest BCUT2D eigenvalue weighted by Gasteiger charge is 2.09. The summed E-state index contributed by atoms with van der Waals surface area (Å²) in [4.78, 5) is 10.6. The molecule has 0 bridgehead atoms. The van der Waals surface area contributed by atoms with Crippen molar-refractivity contribution in [3.05, 3.63) is 0 Å². The molecule has 1 atom stereocenters. The van der Waals surface area contributed by atoms with Gasteiger partial charge in [0.2, 0.25) is 5.91 Å². The summed E-state index contributed by atoms with van der Waals surface area (Å²) in [6.07, 6.45) is -2.46. The lowest BCUT2D eigenvalue weighted by Gasteiger charge is -2.04. The van der Waals surface area contributed by atoms with Crippen LogP contribution in [0.2, 0.25) is 0 Å². The summed E-state index contributed by atoms with van der Waals surface area (Å²) in [6, 6.07) is 0. The first-order chi connectivity index (χ1) is 4.54. The smallest absolute Gasteiger partial charge is 0.255 e. The molecule has 0 saturated heterocycles. The second kappa shape index (κ2) is 4.81. The van der Waals surface area contributed by atoms with Crippen LogP contribution in [0.4, 0.5) is 8.78 Å². The van der Waals surface area contributed by atoms with Crippen molar-refractivity contribution in [3.8, 4) is 0 Å². The second-order valence-corrected chi connectivity index (χ2v) is 3.62. The first kappa shape index (κ1) is 10.1. The van der Waals surface area contributed by atoms with Gasteiger partial charge in [0.05, 0.1) is 10.5 Å². The molecule has 0 aromatic heterocycles. The van der Waals surface area contributed by atoms with Gasteiger partial charge in [-0.25, -0.2) is 8.78 Å². The van der Waals surface area contributed by atoms with Crippen LogP contribution in [0, 0.1) is 0 Å². The molecule has 0 heterocycles. The predicted octanol–water partition coefficient (Wildman–Crippen LogP) is 1.19. The van der Waals surface area contributed by atoms with Gasteiger partial charge in [-0.1, -0.05) is 22.6 Å². The number of rotatable bonds is 3. The van der Waals surface area contributed by atoms with Crippen molar-refractivity contribution < 1.29 is 13.6 Å². The fourth-order valence-electron chi connectivity index (χ4n) is 0.318. The van der Waals surface area contributed by atoms with Crippen LogP contribution >= 0.6 is 22.6 Å². The first-order valence-corrected chi connectivity index (χ1v) is 3.98. The van der Waals surface area contributed by atoms with Gasteiger partial charge in [-0.05, 0) is 6.92 Å². The molecule has 10 heavy (non-hydrogen) atoms. The Labute approximate surface area is 71.5 Å². The highest BCUT2D eigenvalue weighted by Crippen LogP contribution is 1.97. The number of nitrogens with one attached hydrogen (secondary N) is 1. The molecule has 60 valence electrons. The van der Waals surface area contributed by atoms with E-state index in [9.17, 15) is 13.6 Å². The normalized spacial score (nSPS) is 13.3. The van der Waals surface area contributed by atoms with E-state index in [1.165, 1.54) is 0 Å². The Morgan fingerprint density at radius 2 is 2.20 bits per heavy atom. The van der Waals surface area contributed by atoms with Gasteiger partial charge in [0.15, 0.2) is 0 Å². The van der Waals surface area contributed by atoms with Crippen LogP contribution in [-0.4, -0.2) is 22.8 Å². The lowest BCUT2D eigenvalue weighted by molar-refractivity contribution is -0.120. The molecule has 5 heteroatoms. The predicted molar refractivity (Wildman–Crippen MR) is 42.5 cm³/mol. The summed E-state index contributed by atoms with van der Waals surface area (Å²) in [5.41, 5.74) is 0. The zero-order valence-electron chi connectivity index (χ0n) is 5.40. The summed E-state index contributed by atoms with van der Waals surface area (Å²) in [5, 5.41) is 2.09. The molecule has 2 nitrogen and oxygen atoms in total. The molecule has 0 fully saturated rings. The number of carbonyl (C=O) groups is 1. The van der Waals surface area contributed by atoms with Crippen LogP contribution in [0.1, 0.15) is 6.92 Å². The van der Waals surface area contributed by atoms with Crippen LogP contribution < -0.4 is 5.32 Å². The highest BCUT2D eigenvalue weighted by molar-refractivity contribution is 14.1. The molecule has 0 aromatic rings. The van der Waals surface area contributed by atoms with Crippen molar-refractivity contribution in [2.75, 3.05) is 6.54 Å². The number of alkyl halides is 3. The summed E-state index contributed by atoms with van der Waals surface area (Å²) < 4.78 is 22.6. The van der Waals surface area contributed by atoms with Gasteiger partial charge in [-0.3, -0.25) is 4.79 Å². The number of hydrogen-bond donors (Lipinski definition) is 1. The van der Waals surface area contributed by atoms with Crippen LogP contribution in [0.15, 0.2) is 0 Å². The SMILES string of the molecule is CC(I)C(=O)NCC(F)F. The minimum atomic E-state index is -2.46. The number of carbonyl (C=O) groups excluding carboxylic acids is 1. The molecule has 1 N–H and O–H groups in total. The van der Waals surface area contributed by atoms with Gasteiger partial charge in [-0.2, -0.15) is 0 Å². The van der Waals surface area contributed by atoms with E-state index in [2.05, 4.69) is 5.32 Å². The molecule has 0 saturated carbocycles. The standard InChI is InChI=1S/C5H8F2INO/c1-3(8)5(10)9-2-4(6)7/h3-4H,2H2,1H3,(H,9,10). The minimum absolute atomic E-state index is 0.253. The minimum Gasteiger partial charge on any atom is -0.349 e. The molecule has 0 spiro atoms. The second-order valence-electron chi connectivity index (χ2n) is 1.75. The molecule has 0 aliphatic carbocycles. The molecule has 0 aromatic carbocycles. The van der Waals surface area contributed by atoms with Crippen LogP contribution in [0.3, 0.4) is 0 Å². The Kier molecular flexibility index (Phi) is 4.84. The topological polar surface area (TPSA) is 29.1 Å². The third kappa shape index (κ3) is 4.89. The third-order valence-electron chi connectivity index (χ3n) is 0.792. The van der Waals surface area contributed by atoms with E-state index >= 15 is 0 Å². The Morgan fingerprint density at radius 1 is 1.70 bits per heavy atom. The average Bonchev–Trinajstić information content (AvgIpc) is 1.82. The van der Waals surface area contributed by atoms with Crippen molar-refractivity contribution in [3.63, 3.8) is 0 Å². The number of hydrogen-bond acceptors (Lipinski definition) is 1. The summed E-state index contributed by atoms with van der Waals surface area (Å²) in [6.45, 7) is 1.09. The highest BCUT2D eigenvalue weighted by atomic mass is 127.